The molecule has 0 aliphatic carbocycles. The largest absolute Gasteiger partial charge is 0.465 e. The van der Waals surface area contributed by atoms with Gasteiger partial charge in [-0.2, -0.15) is 0 Å². The Hall–Kier alpha value is -4.20. The van der Waals surface area contributed by atoms with E-state index >= 15 is 0 Å². The van der Waals surface area contributed by atoms with Gasteiger partial charge in [-0.05, 0) is 73.9 Å². The number of rotatable bonds is 5. The van der Waals surface area contributed by atoms with Gasteiger partial charge in [0.25, 0.3) is 5.91 Å². The van der Waals surface area contributed by atoms with E-state index in [0.29, 0.717) is 11.1 Å². The number of amides is 3. The van der Waals surface area contributed by atoms with Gasteiger partial charge >= 0.3 is 12.0 Å². The Labute approximate surface area is 196 Å². The van der Waals surface area contributed by atoms with Crippen molar-refractivity contribution in [3.8, 4) is 5.69 Å². The number of nitrogens with zero attached hydrogens (tertiary/aromatic N) is 2. The van der Waals surface area contributed by atoms with Crippen molar-refractivity contribution in [2.24, 2.45) is 0 Å². The Morgan fingerprint density at radius 1 is 1.09 bits per heavy atom. The van der Waals surface area contributed by atoms with Gasteiger partial charge in [-0.3, -0.25) is 9.69 Å². The van der Waals surface area contributed by atoms with Crippen LogP contribution in [0.2, 0.25) is 0 Å². The molecule has 0 saturated carbocycles. The van der Waals surface area contributed by atoms with Crippen LogP contribution in [0.1, 0.15) is 38.4 Å². The number of aryl methyl sites for hydroxylation is 1. The number of carbonyl (C=O) groups is 3. The highest BCUT2D eigenvalue weighted by atomic mass is 19.1. The molecule has 1 aliphatic heterocycles. The predicted octanol–water partition coefficient (Wildman–Crippen LogP) is 4.42. The number of halogens is 1. The number of methoxy groups -OCH3 is 1. The van der Waals surface area contributed by atoms with E-state index < -0.39 is 17.9 Å². The monoisotopic (exact) mass is 461 g/mol. The van der Waals surface area contributed by atoms with Crippen molar-refractivity contribution >= 4 is 24.0 Å². The summed E-state index contributed by atoms with van der Waals surface area (Å²) in [7, 11) is 1.34. The normalized spacial score (nSPS) is 14.6. The smallest absolute Gasteiger partial charge is 0.338 e. The van der Waals surface area contributed by atoms with Gasteiger partial charge in [0.1, 0.15) is 11.5 Å². The number of hydrogen-bond donors (Lipinski definition) is 1. The molecule has 8 heteroatoms. The van der Waals surface area contributed by atoms with E-state index in [0.717, 1.165) is 33.1 Å². The molecule has 0 radical (unpaired) electrons. The van der Waals surface area contributed by atoms with E-state index in [4.69, 9.17) is 4.74 Å². The summed E-state index contributed by atoms with van der Waals surface area (Å²) < 4.78 is 20.0. The minimum Gasteiger partial charge on any atom is -0.465 e. The average molecular weight is 461 g/mol. The second kappa shape index (κ2) is 8.97. The molecule has 2 aromatic carbocycles. The Morgan fingerprint density at radius 3 is 2.47 bits per heavy atom. The lowest BCUT2D eigenvalue weighted by Crippen LogP contribution is -2.30. The summed E-state index contributed by atoms with van der Waals surface area (Å²) in [6.45, 7) is 5.73. The number of benzene rings is 2. The second-order valence-corrected chi connectivity index (χ2v) is 8.11. The van der Waals surface area contributed by atoms with E-state index in [9.17, 15) is 18.8 Å². The number of aromatic nitrogens is 1. The van der Waals surface area contributed by atoms with Crippen molar-refractivity contribution in [2.45, 2.75) is 27.3 Å². The molecule has 1 saturated heterocycles. The third-order valence-corrected chi connectivity index (χ3v) is 5.94. The molecular weight excluding hydrogens is 437 g/mol. The lowest BCUT2D eigenvalue weighted by molar-refractivity contribution is -0.123. The van der Waals surface area contributed by atoms with Crippen LogP contribution in [0.3, 0.4) is 0 Å². The molecule has 1 N–H and O–H groups in total. The summed E-state index contributed by atoms with van der Waals surface area (Å²) in [5.74, 6) is -1.25. The van der Waals surface area contributed by atoms with Crippen molar-refractivity contribution in [2.75, 3.05) is 7.11 Å². The summed E-state index contributed by atoms with van der Waals surface area (Å²) in [4.78, 5) is 38.6. The maximum atomic E-state index is 13.2. The first-order valence-corrected chi connectivity index (χ1v) is 10.7. The van der Waals surface area contributed by atoms with Crippen LogP contribution in [0, 0.1) is 26.6 Å². The zero-order valence-electron chi connectivity index (χ0n) is 19.3. The molecule has 0 spiro atoms. The minimum absolute atomic E-state index is 0.0425. The summed E-state index contributed by atoms with van der Waals surface area (Å²) in [5.41, 5.74) is 5.37. The Kier molecular flexibility index (Phi) is 6.06. The number of nitrogens with one attached hydrogen (secondary N) is 1. The van der Waals surface area contributed by atoms with Gasteiger partial charge in [-0.15, -0.1) is 0 Å². The van der Waals surface area contributed by atoms with E-state index in [1.807, 2.05) is 37.5 Å². The number of hydrogen-bond acceptors (Lipinski definition) is 4. The molecule has 3 aromatic rings. The molecule has 0 atom stereocenters. The number of imide groups is 1. The molecule has 0 unspecified atom stereocenters. The first-order valence-electron chi connectivity index (χ1n) is 10.7. The first-order chi connectivity index (χ1) is 16.2. The molecule has 0 bridgehead atoms. The van der Waals surface area contributed by atoms with Crippen molar-refractivity contribution in [3.05, 3.63) is 93.7 Å². The van der Waals surface area contributed by atoms with E-state index in [1.54, 1.807) is 18.2 Å². The van der Waals surface area contributed by atoms with E-state index in [-0.39, 0.29) is 18.1 Å². The van der Waals surface area contributed by atoms with Crippen molar-refractivity contribution in [1.29, 1.82) is 0 Å². The van der Waals surface area contributed by atoms with Gasteiger partial charge in [0.2, 0.25) is 0 Å². The van der Waals surface area contributed by atoms with E-state index in [1.165, 1.54) is 31.4 Å². The van der Waals surface area contributed by atoms with Crippen LogP contribution >= 0.6 is 0 Å². The molecular formula is C26H24FN3O4. The molecule has 1 fully saturated rings. The zero-order chi connectivity index (χ0) is 24.6. The fourth-order valence-electron chi connectivity index (χ4n) is 4.14. The third kappa shape index (κ3) is 4.10. The van der Waals surface area contributed by atoms with E-state index in [2.05, 4.69) is 5.32 Å². The van der Waals surface area contributed by atoms with Gasteiger partial charge in [0, 0.05) is 17.1 Å². The highest BCUT2D eigenvalue weighted by Gasteiger charge is 2.33. The van der Waals surface area contributed by atoms with Crippen LogP contribution in [-0.2, 0) is 16.1 Å². The molecule has 34 heavy (non-hydrogen) atoms. The molecule has 1 aromatic heterocycles. The molecule has 7 nitrogen and oxygen atoms in total. The van der Waals surface area contributed by atoms with Gasteiger partial charge in [-0.25, -0.2) is 14.0 Å². The molecule has 3 amide bonds. The van der Waals surface area contributed by atoms with Crippen LogP contribution in [0.25, 0.3) is 11.8 Å². The van der Waals surface area contributed by atoms with Gasteiger partial charge in [0.15, 0.2) is 0 Å². The Balaban J connectivity index is 1.66. The van der Waals surface area contributed by atoms with Crippen LogP contribution in [0.4, 0.5) is 9.18 Å². The molecule has 4 rings (SSSR count). The topological polar surface area (TPSA) is 80.6 Å². The first kappa shape index (κ1) is 23.0. The molecule has 174 valence electrons. The molecule has 2 heterocycles. The SMILES string of the molecule is COC(=O)c1cccc(-n2c(C)cc(C=C3NC(=O)N(Cc4ccc(F)cc4)C3=O)c2C)c1C. The lowest BCUT2D eigenvalue weighted by atomic mass is 10.1. The maximum Gasteiger partial charge on any atom is 0.338 e. The second-order valence-electron chi connectivity index (χ2n) is 8.11. The highest BCUT2D eigenvalue weighted by molar-refractivity contribution is 6.14. The third-order valence-electron chi connectivity index (χ3n) is 5.94. The Morgan fingerprint density at radius 2 is 1.79 bits per heavy atom. The fourth-order valence-corrected chi connectivity index (χ4v) is 4.14. The standard InChI is InChI=1S/C26H24FN3O4/c1-15-12-19(17(3)30(15)23-7-5-6-21(16(23)2)25(32)34-4)13-22-24(31)29(26(33)28-22)14-18-8-10-20(27)11-9-18/h5-13H,14H2,1-4H3,(H,28,33). The zero-order valence-corrected chi connectivity index (χ0v) is 19.3. The molecule has 1 aliphatic rings. The summed E-state index contributed by atoms with van der Waals surface area (Å²) in [5, 5.41) is 2.63. The summed E-state index contributed by atoms with van der Waals surface area (Å²) >= 11 is 0. The van der Waals surface area contributed by atoms with Crippen LogP contribution in [0.5, 0.6) is 0 Å². The van der Waals surface area contributed by atoms with Crippen molar-refractivity contribution < 1.29 is 23.5 Å². The Bertz CT molecular complexity index is 1340. The highest BCUT2D eigenvalue weighted by Crippen LogP contribution is 2.27. The number of ether oxygens (including phenoxy) is 1. The van der Waals surface area contributed by atoms with Gasteiger partial charge < -0.3 is 14.6 Å². The van der Waals surface area contributed by atoms with Crippen LogP contribution < -0.4 is 5.32 Å². The van der Waals surface area contributed by atoms with Crippen molar-refractivity contribution in [1.82, 2.24) is 14.8 Å². The number of esters is 1. The van der Waals surface area contributed by atoms with Crippen LogP contribution in [-0.4, -0.2) is 34.5 Å². The quantitative estimate of drug-likeness (QED) is 0.347. The van der Waals surface area contributed by atoms with Crippen LogP contribution in [0.15, 0.2) is 54.2 Å². The van der Waals surface area contributed by atoms with Crippen molar-refractivity contribution in [3.63, 3.8) is 0 Å². The lowest BCUT2D eigenvalue weighted by Gasteiger charge is -2.15. The maximum absolute atomic E-state index is 13.2. The minimum atomic E-state index is -0.531. The number of urea groups is 1. The van der Waals surface area contributed by atoms with Gasteiger partial charge in [-0.1, -0.05) is 18.2 Å². The predicted molar refractivity (Wildman–Crippen MR) is 125 cm³/mol. The summed E-state index contributed by atoms with van der Waals surface area (Å²) in [6.07, 6.45) is 1.64. The average Bonchev–Trinajstić information content (AvgIpc) is 3.24. The fraction of sp³-hybridized carbons (Fsp3) is 0.192. The summed E-state index contributed by atoms with van der Waals surface area (Å²) in [6, 6.07) is 12.4. The number of carbonyl (C=O) groups excluding carboxylic acids is 3. The van der Waals surface area contributed by atoms with Gasteiger partial charge in [0.05, 0.1) is 19.2 Å².